The molecule has 1 aliphatic rings. The average Bonchev–Trinajstić information content (AvgIpc) is 2.96. The number of ether oxygens (including phenoxy) is 3. The van der Waals surface area contributed by atoms with Gasteiger partial charge in [0.05, 0.1) is 36.4 Å². The number of rotatable bonds is 13. The van der Waals surface area contributed by atoms with Crippen molar-refractivity contribution in [1.29, 1.82) is 0 Å². The van der Waals surface area contributed by atoms with Crippen LogP contribution in [0.2, 0.25) is 10.0 Å². The van der Waals surface area contributed by atoms with E-state index in [1.165, 1.54) is 31.3 Å². The molecule has 2 aromatic rings. The Balaban J connectivity index is 2.06. The number of nitrogens with one attached hydrogen (secondary N) is 1. The summed E-state index contributed by atoms with van der Waals surface area (Å²) in [4.78, 5) is 39.3. The van der Waals surface area contributed by atoms with Crippen molar-refractivity contribution in [3.63, 3.8) is 0 Å². The molecule has 0 aromatic heterocycles. The van der Waals surface area contributed by atoms with Gasteiger partial charge < -0.3 is 34.6 Å². The first-order valence-corrected chi connectivity index (χ1v) is 14.5. The van der Waals surface area contributed by atoms with Crippen molar-refractivity contribution < 1.29 is 38.8 Å². The number of aliphatic hydroxyl groups is 2. The maximum atomic E-state index is 13.5. The molecule has 0 saturated heterocycles. The third-order valence-electron chi connectivity index (χ3n) is 6.45. The van der Waals surface area contributed by atoms with Gasteiger partial charge in [0.2, 0.25) is 11.8 Å². The zero-order valence-electron chi connectivity index (χ0n) is 22.4. The maximum absolute atomic E-state index is 13.5. The minimum atomic E-state index is -1.28. The highest BCUT2D eigenvalue weighted by Crippen LogP contribution is 2.37. The van der Waals surface area contributed by atoms with Gasteiger partial charge in [0.25, 0.3) is 0 Å². The Labute approximate surface area is 261 Å². The lowest BCUT2D eigenvalue weighted by molar-refractivity contribution is -0.140. The van der Waals surface area contributed by atoms with Crippen LogP contribution in [0.4, 0.5) is 0 Å². The van der Waals surface area contributed by atoms with Gasteiger partial charge in [-0.2, -0.15) is 0 Å². The quantitative estimate of drug-likeness (QED) is 0.212. The summed E-state index contributed by atoms with van der Waals surface area (Å²) in [5.74, 6) is -0.293. The number of aliphatic hydroxyl groups excluding tert-OH is 2. The standard InChI is InChI=1S/C28H31Cl2IN2O8/c1-39-8-5-25(36)33(14-17-3-4-19(29)13-20(17)30)22-11-18(28(38)32-6-7-34)12-23(26(22)37)41-27-21(31)9-16(15-35)10-24(27)40-2/h3-4,9-10,12-13,15,22-23,26,34,37H,5-8,11,14H2,1-2H3,(H,32,38)/t22-,23+,26+/m1/s1. The first-order valence-electron chi connectivity index (χ1n) is 12.6. The molecule has 3 N–H and O–H groups in total. The van der Waals surface area contributed by atoms with E-state index < -0.39 is 24.2 Å². The van der Waals surface area contributed by atoms with E-state index in [0.29, 0.717) is 31.0 Å². The SMILES string of the molecule is COCCC(=O)N(Cc1ccc(Cl)cc1Cl)[C@@H]1CC(C(=O)NCCO)=C[C@H](Oc2c(I)cc(C=O)cc2OC)[C@H]1O. The molecular weight excluding hydrogens is 690 g/mol. The highest BCUT2D eigenvalue weighted by Gasteiger charge is 2.41. The Kier molecular flexibility index (Phi) is 12.7. The minimum absolute atomic E-state index is 0.000522. The Morgan fingerprint density at radius 1 is 1.22 bits per heavy atom. The molecule has 0 fully saturated rings. The summed E-state index contributed by atoms with van der Waals surface area (Å²) in [6.45, 7) is -0.0805. The van der Waals surface area contributed by atoms with Crippen molar-refractivity contribution in [3.8, 4) is 11.5 Å². The number of nitrogens with zero attached hydrogens (tertiary/aromatic N) is 1. The number of methoxy groups -OCH3 is 2. The van der Waals surface area contributed by atoms with Gasteiger partial charge in [-0.15, -0.1) is 0 Å². The van der Waals surface area contributed by atoms with Crippen molar-refractivity contribution in [3.05, 3.63) is 66.7 Å². The van der Waals surface area contributed by atoms with Crippen LogP contribution in [0.3, 0.4) is 0 Å². The van der Waals surface area contributed by atoms with E-state index in [1.54, 1.807) is 24.3 Å². The molecule has 0 radical (unpaired) electrons. The molecule has 0 bridgehead atoms. The van der Waals surface area contributed by atoms with Gasteiger partial charge in [-0.05, 0) is 58.5 Å². The van der Waals surface area contributed by atoms with E-state index in [1.807, 2.05) is 22.6 Å². The molecule has 1 aliphatic carbocycles. The summed E-state index contributed by atoms with van der Waals surface area (Å²) in [7, 11) is 2.90. The van der Waals surface area contributed by atoms with Crippen molar-refractivity contribution in [2.75, 3.05) is 34.0 Å². The fraction of sp³-hybridized carbons (Fsp3) is 0.393. The second-order valence-corrected chi connectivity index (χ2v) is 11.2. The van der Waals surface area contributed by atoms with E-state index in [-0.39, 0.29) is 62.1 Å². The molecule has 0 heterocycles. The second-order valence-electron chi connectivity index (χ2n) is 9.17. The predicted octanol–water partition coefficient (Wildman–Crippen LogP) is 3.40. The van der Waals surface area contributed by atoms with Crippen LogP contribution in [0.15, 0.2) is 42.0 Å². The number of halogens is 3. The number of hydrogen-bond donors (Lipinski definition) is 3. The van der Waals surface area contributed by atoms with Crippen molar-refractivity contribution in [2.45, 2.75) is 37.6 Å². The van der Waals surface area contributed by atoms with Gasteiger partial charge >= 0.3 is 0 Å². The van der Waals surface area contributed by atoms with Crippen molar-refractivity contribution >= 4 is 63.9 Å². The highest BCUT2D eigenvalue weighted by molar-refractivity contribution is 14.1. The largest absolute Gasteiger partial charge is 0.493 e. The second kappa shape index (κ2) is 15.7. The number of amides is 2. The molecule has 41 heavy (non-hydrogen) atoms. The fourth-order valence-corrected chi connectivity index (χ4v) is 5.62. The Morgan fingerprint density at radius 3 is 2.61 bits per heavy atom. The molecule has 13 heteroatoms. The van der Waals surface area contributed by atoms with E-state index >= 15 is 0 Å². The zero-order valence-corrected chi connectivity index (χ0v) is 26.1. The van der Waals surface area contributed by atoms with Gasteiger partial charge in [0, 0.05) is 47.8 Å². The van der Waals surface area contributed by atoms with E-state index in [2.05, 4.69) is 5.32 Å². The van der Waals surface area contributed by atoms with Crippen molar-refractivity contribution in [2.24, 2.45) is 0 Å². The number of carbonyl (C=O) groups excluding carboxylic acids is 3. The topological polar surface area (TPSA) is 135 Å². The van der Waals surface area contributed by atoms with Crippen LogP contribution in [0.1, 0.15) is 28.8 Å². The normalized spacial score (nSPS) is 18.3. The van der Waals surface area contributed by atoms with E-state index in [0.717, 1.165) is 0 Å². The first-order chi connectivity index (χ1) is 19.6. The van der Waals surface area contributed by atoms with Gasteiger partial charge in [-0.3, -0.25) is 14.4 Å². The number of hydrogen-bond acceptors (Lipinski definition) is 8. The molecule has 0 aliphatic heterocycles. The Hall–Kier alpha value is -2.42. The molecule has 0 unspecified atom stereocenters. The summed E-state index contributed by atoms with van der Waals surface area (Å²) in [6, 6.07) is 7.09. The number of carbonyl (C=O) groups is 3. The molecule has 0 spiro atoms. The first kappa shape index (κ1) is 33.1. The molecule has 222 valence electrons. The summed E-state index contributed by atoms with van der Waals surface area (Å²) in [5.41, 5.74) is 1.21. The molecule has 3 atom stereocenters. The molecule has 10 nitrogen and oxygen atoms in total. The third-order valence-corrected chi connectivity index (χ3v) is 7.84. The maximum Gasteiger partial charge on any atom is 0.247 e. The molecule has 2 aromatic carbocycles. The third kappa shape index (κ3) is 8.55. The summed E-state index contributed by atoms with van der Waals surface area (Å²) >= 11 is 14.5. The molecule has 0 saturated carbocycles. The monoisotopic (exact) mass is 720 g/mol. The average molecular weight is 721 g/mol. The summed E-state index contributed by atoms with van der Waals surface area (Å²) in [5, 5.41) is 24.2. The zero-order chi connectivity index (χ0) is 30.1. The lowest BCUT2D eigenvalue weighted by Gasteiger charge is -2.41. The van der Waals surface area contributed by atoms with Crippen molar-refractivity contribution in [1.82, 2.24) is 10.2 Å². The van der Waals surface area contributed by atoms with E-state index in [4.69, 9.17) is 37.4 Å². The van der Waals surface area contributed by atoms with Crippen LogP contribution in [0.25, 0.3) is 0 Å². The Bertz CT molecular complexity index is 1290. The smallest absolute Gasteiger partial charge is 0.247 e. The summed E-state index contributed by atoms with van der Waals surface area (Å²) in [6.07, 6.45) is -0.190. The highest BCUT2D eigenvalue weighted by atomic mass is 127. The van der Waals surface area contributed by atoms with Crippen LogP contribution >= 0.6 is 45.8 Å². The molecular formula is C28H31Cl2IN2O8. The van der Waals surface area contributed by atoms with Gasteiger partial charge in [0.15, 0.2) is 11.5 Å². The number of aldehydes is 1. The Morgan fingerprint density at radius 2 is 1.98 bits per heavy atom. The van der Waals surface area contributed by atoms with Crippen LogP contribution in [-0.2, 0) is 20.9 Å². The van der Waals surface area contributed by atoms with Crippen LogP contribution < -0.4 is 14.8 Å². The number of benzene rings is 2. The van der Waals surface area contributed by atoms with Crippen LogP contribution in [0.5, 0.6) is 11.5 Å². The minimum Gasteiger partial charge on any atom is -0.493 e. The van der Waals surface area contributed by atoms with Gasteiger partial charge in [0.1, 0.15) is 18.5 Å². The summed E-state index contributed by atoms with van der Waals surface area (Å²) < 4.78 is 17.3. The van der Waals surface area contributed by atoms with Crippen LogP contribution in [0, 0.1) is 3.57 Å². The molecule has 2 amide bonds. The van der Waals surface area contributed by atoms with E-state index in [9.17, 15) is 24.6 Å². The lowest BCUT2D eigenvalue weighted by atomic mass is 9.87. The van der Waals surface area contributed by atoms with Gasteiger partial charge in [-0.25, -0.2) is 0 Å². The predicted molar refractivity (Wildman–Crippen MR) is 162 cm³/mol. The van der Waals surface area contributed by atoms with Gasteiger partial charge in [-0.1, -0.05) is 29.3 Å². The fourth-order valence-electron chi connectivity index (χ4n) is 4.39. The van der Waals surface area contributed by atoms with Crippen LogP contribution in [-0.4, -0.2) is 85.4 Å². The lowest BCUT2D eigenvalue weighted by Crippen LogP contribution is -2.55. The molecule has 3 rings (SSSR count).